The maximum absolute atomic E-state index is 12.1. The number of hydrogen-bond acceptors (Lipinski definition) is 8. The SMILES string of the molecule is CCOC(=O)c1sc(Nc2ncnc3scc(-c4ccc(C(C)C)cc4)c23)nc1C. The number of anilines is 2. The van der Waals surface area contributed by atoms with Crippen LogP contribution in [-0.4, -0.2) is 27.5 Å². The third-order valence-corrected chi connectivity index (χ3v) is 6.68. The van der Waals surface area contributed by atoms with Crippen LogP contribution in [0.3, 0.4) is 0 Å². The van der Waals surface area contributed by atoms with Crippen molar-refractivity contribution in [2.75, 3.05) is 11.9 Å². The van der Waals surface area contributed by atoms with Gasteiger partial charge in [-0.25, -0.2) is 19.7 Å². The number of carbonyl (C=O) groups excluding carboxylic acids is 1. The Balaban J connectivity index is 1.71. The molecule has 3 aromatic heterocycles. The third-order valence-electron chi connectivity index (χ3n) is 4.74. The number of carbonyl (C=O) groups is 1. The van der Waals surface area contributed by atoms with Crippen LogP contribution in [0.4, 0.5) is 10.9 Å². The van der Waals surface area contributed by atoms with Gasteiger partial charge in [-0.3, -0.25) is 0 Å². The van der Waals surface area contributed by atoms with Crippen LogP contribution >= 0.6 is 22.7 Å². The Kier molecular flexibility index (Phi) is 5.78. The standard InChI is InChI=1S/C22H22N4O2S2/c1-5-28-21(27)18-13(4)25-22(30-18)26-19-17-16(10-29-20(17)24-11-23-19)15-8-6-14(7-9-15)12(2)3/h6-12H,5H2,1-4H3,(H,23,24,25,26). The summed E-state index contributed by atoms with van der Waals surface area (Å²) in [6.45, 7) is 8.29. The van der Waals surface area contributed by atoms with Crippen molar-refractivity contribution >= 4 is 49.8 Å². The van der Waals surface area contributed by atoms with E-state index in [1.54, 1.807) is 31.5 Å². The van der Waals surface area contributed by atoms with Gasteiger partial charge in [0, 0.05) is 10.9 Å². The van der Waals surface area contributed by atoms with Gasteiger partial charge in [-0.2, -0.15) is 0 Å². The normalized spacial score (nSPS) is 11.2. The van der Waals surface area contributed by atoms with Gasteiger partial charge in [0.1, 0.15) is 21.9 Å². The van der Waals surface area contributed by atoms with Crippen LogP contribution in [0.15, 0.2) is 36.0 Å². The predicted octanol–water partition coefficient (Wildman–Crippen LogP) is 6.17. The smallest absolute Gasteiger partial charge is 0.350 e. The fraction of sp³-hybridized carbons (Fsp3) is 0.273. The van der Waals surface area contributed by atoms with Gasteiger partial charge >= 0.3 is 5.97 Å². The lowest BCUT2D eigenvalue weighted by Gasteiger charge is -2.08. The van der Waals surface area contributed by atoms with Gasteiger partial charge in [-0.1, -0.05) is 49.4 Å². The minimum atomic E-state index is -0.352. The summed E-state index contributed by atoms with van der Waals surface area (Å²) < 4.78 is 5.11. The summed E-state index contributed by atoms with van der Waals surface area (Å²) in [5.74, 6) is 0.809. The quantitative estimate of drug-likeness (QED) is 0.363. The number of esters is 1. The second-order valence-electron chi connectivity index (χ2n) is 7.11. The molecule has 30 heavy (non-hydrogen) atoms. The van der Waals surface area contributed by atoms with E-state index in [-0.39, 0.29) is 5.97 Å². The van der Waals surface area contributed by atoms with Crippen LogP contribution in [0, 0.1) is 6.92 Å². The molecule has 0 saturated heterocycles. The van der Waals surface area contributed by atoms with E-state index in [1.807, 2.05) is 0 Å². The van der Waals surface area contributed by atoms with E-state index in [9.17, 15) is 4.79 Å². The minimum Gasteiger partial charge on any atom is -0.462 e. The van der Waals surface area contributed by atoms with Gasteiger partial charge in [-0.15, -0.1) is 11.3 Å². The lowest BCUT2D eigenvalue weighted by Crippen LogP contribution is -2.03. The first-order valence-corrected chi connectivity index (χ1v) is 11.4. The van der Waals surface area contributed by atoms with Gasteiger partial charge < -0.3 is 10.1 Å². The summed E-state index contributed by atoms with van der Waals surface area (Å²) in [6.07, 6.45) is 1.54. The number of thiazole rings is 1. The first kappa shape index (κ1) is 20.4. The summed E-state index contributed by atoms with van der Waals surface area (Å²) in [5.41, 5.74) is 4.14. The van der Waals surface area contributed by atoms with E-state index in [0.717, 1.165) is 21.3 Å². The summed E-state index contributed by atoms with van der Waals surface area (Å²) in [4.78, 5) is 26.9. The van der Waals surface area contributed by atoms with Crippen molar-refractivity contribution in [1.82, 2.24) is 15.0 Å². The van der Waals surface area contributed by atoms with Crippen LogP contribution in [0.1, 0.15) is 47.6 Å². The van der Waals surface area contributed by atoms with Crippen molar-refractivity contribution in [3.63, 3.8) is 0 Å². The Labute approximate surface area is 183 Å². The molecule has 1 N–H and O–H groups in total. The number of rotatable bonds is 6. The molecule has 4 rings (SSSR count). The highest BCUT2D eigenvalue weighted by molar-refractivity contribution is 7.18. The van der Waals surface area contributed by atoms with Gasteiger partial charge in [0.05, 0.1) is 17.7 Å². The molecule has 4 aromatic rings. The Hall–Kier alpha value is -2.84. The van der Waals surface area contributed by atoms with Crippen molar-refractivity contribution in [1.29, 1.82) is 0 Å². The van der Waals surface area contributed by atoms with E-state index >= 15 is 0 Å². The molecule has 0 aliphatic carbocycles. The lowest BCUT2D eigenvalue weighted by atomic mass is 9.99. The van der Waals surface area contributed by atoms with Crippen molar-refractivity contribution in [3.8, 4) is 11.1 Å². The largest absolute Gasteiger partial charge is 0.462 e. The topological polar surface area (TPSA) is 77.0 Å². The first-order valence-electron chi connectivity index (χ1n) is 9.72. The second kappa shape index (κ2) is 8.49. The highest BCUT2D eigenvalue weighted by Gasteiger charge is 2.19. The number of nitrogens with zero attached hydrogens (tertiary/aromatic N) is 3. The molecular formula is C22H22N4O2S2. The van der Waals surface area contributed by atoms with Crippen LogP contribution < -0.4 is 5.32 Å². The van der Waals surface area contributed by atoms with E-state index in [4.69, 9.17) is 4.74 Å². The fourth-order valence-electron chi connectivity index (χ4n) is 3.17. The Bertz CT molecular complexity index is 1200. The molecule has 0 fully saturated rings. The highest BCUT2D eigenvalue weighted by Crippen LogP contribution is 2.38. The molecule has 0 aliphatic rings. The zero-order valence-corrected chi connectivity index (χ0v) is 18.9. The van der Waals surface area contributed by atoms with Crippen LogP contribution in [0.2, 0.25) is 0 Å². The molecule has 0 spiro atoms. The summed E-state index contributed by atoms with van der Waals surface area (Å²) in [6, 6.07) is 8.60. The molecule has 0 amide bonds. The molecular weight excluding hydrogens is 416 g/mol. The maximum atomic E-state index is 12.1. The molecule has 154 valence electrons. The molecule has 0 aliphatic heterocycles. The summed E-state index contributed by atoms with van der Waals surface area (Å²) in [7, 11) is 0. The second-order valence-corrected chi connectivity index (χ2v) is 8.96. The molecule has 1 aromatic carbocycles. The molecule has 6 nitrogen and oxygen atoms in total. The van der Waals surface area contributed by atoms with E-state index in [0.29, 0.717) is 34.0 Å². The fourth-order valence-corrected chi connectivity index (χ4v) is 4.94. The average molecular weight is 439 g/mol. The number of fused-ring (bicyclic) bond motifs is 1. The van der Waals surface area contributed by atoms with Gasteiger partial charge in [0.25, 0.3) is 0 Å². The first-order chi connectivity index (χ1) is 14.5. The molecule has 0 radical (unpaired) electrons. The third kappa shape index (κ3) is 3.93. The highest BCUT2D eigenvalue weighted by atomic mass is 32.1. The van der Waals surface area contributed by atoms with E-state index in [1.165, 1.54) is 16.9 Å². The van der Waals surface area contributed by atoms with Crippen molar-refractivity contribution < 1.29 is 9.53 Å². The average Bonchev–Trinajstić information content (AvgIpc) is 3.32. The number of hydrogen-bond donors (Lipinski definition) is 1. The molecule has 0 bridgehead atoms. The molecule has 0 atom stereocenters. The zero-order chi connectivity index (χ0) is 21.3. The number of aromatic nitrogens is 3. The molecule has 8 heteroatoms. The molecule has 0 saturated carbocycles. The van der Waals surface area contributed by atoms with Gasteiger partial charge in [0.15, 0.2) is 5.13 Å². The molecule has 3 heterocycles. The summed E-state index contributed by atoms with van der Waals surface area (Å²) >= 11 is 2.85. The van der Waals surface area contributed by atoms with Gasteiger partial charge in [-0.05, 0) is 30.9 Å². The van der Waals surface area contributed by atoms with Crippen LogP contribution in [0.25, 0.3) is 21.3 Å². The maximum Gasteiger partial charge on any atom is 0.350 e. The van der Waals surface area contributed by atoms with Crippen LogP contribution in [-0.2, 0) is 4.74 Å². The number of ether oxygens (including phenoxy) is 1. The monoisotopic (exact) mass is 438 g/mol. The zero-order valence-electron chi connectivity index (χ0n) is 17.2. The van der Waals surface area contributed by atoms with Crippen molar-refractivity contribution in [2.45, 2.75) is 33.6 Å². The Morgan fingerprint density at radius 2 is 1.97 bits per heavy atom. The van der Waals surface area contributed by atoms with Crippen molar-refractivity contribution in [3.05, 3.63) is 52.1 Å². The number of thiophene rings is 1. The minimum absolute atomic E-state index is 0.333. The van der Waals surface area contributed by atoms with Crippen LogP contribution in [0.5, 0.6) is 0 Å². The molecule has 0 unspecified atom stereocenters. The Morgan fingerprint density at radius 3 is 2.67 bits per heavy atom. The lowest BCUT2D eigenvalue weighted by molar-refractivity contribution is 0.0531. The Morgan fingerprint density at radius 1 is 1.20 bits per heavy atom. The van der Waals surface area contributed by atoms with E-state index < -0.39 is 0 Å². The van der Waals surface area contributed by atoms with Gasteiger partial charge in [0.2, 0.25) is 0 Å². The number of benzene rings is 1. The number of aryl methyl sites for hydroxylation is 1. The summed E-state index contributed by atoms with van der Waals surface area (Å²) in [5, 5.41) is 6.94. The predicted molar refractivity (Wildman–Crippen MR) is 123 cm³/mol. The van der Waals surface area contributed by atoms with Crippen molar-refractivity contribution in [2.24, 2.45) is 0 Å². The van der Waals surface area contributed by atoms with E-state index in [2.05, 4.69) is 63.8 Å². The number of nitrogens with one attached hydrogen (secondary N) is 1.